The van der Waals surface area contributed by atoms with Crippen LogP contribution in [0.1, 0.15) is 10.4 Å². The number of hydrogen-bond donors (Lipinski definition) is 1. The number of hydrogen-bond acceptors (Lipinski definition) is 5. The maximum atomic E-state index is 12.6. The van der Waals surface area contributed by atoms with Crippen LogP contribution in [0.25, 0.3) is 22.6 Å². The first-order valence-corrected chi connectivity index (χ1v) is 9.14. The largest absolute Gasteiger partial charge is 0.497 e. The Morgan fingerprint density at radius 3 is 2.31 bits per heavy atom. The highest BCUT2D eigenvalue weighted by molar-refractivity contribution is 6.31. The number of methoxy groups -OCH3 is 2. The summed E-state index contributed by atoms with van der Waals surface area (Å²) in [7, 11) is 3.07. The molecular formula is C22H17ClN2O4. The Morgan fingerprint density at radius 1 is 0.966 bits per heavy atom. The smallest absolute Gasteiger partial charge is 0.255 e. The third-order valence-electron chi connectivity index (χ3n) is 4.35. The monoisotopic (exact) mass is 408 g/mol. The summed E-state index contributed by atoms with van der Waals surface area (Å²) in [6.45, 7) is 0. The van der Waals surface area contributed by atoms with E-state index in [2.05, 4.69) is 10.3 Å². The van der Waals surface area contributed by atoms with Gasteiger partial charge in [-0.25, -0.2) is 4.98 Å². The van der Waals surface area contributed by atoms with Gasteiger partial charge >= 0.3 is 0 Å². The molecule has 0 saturated heterocycles. The summed E-state index contributed by atoms with van der Waals surface area (Å²) in [6, 6.07) is 17.5. The van der Waals surface area contributed by atoms with E-state index in [1.165, 1.54) is 14.2 Å². The van der Waals surface area contributed by atoms with E-state index in [-0.39, 0.29) is 5.91 Å². The number of benzene rings is 3. The number of fused-ring (bicyclic) bond motifs is 1. The minimum Gasteiger partial charge on any atom is -0.497 e. The molecule has 146 valence electrons. The Kier molecular flexibility index (Phi) is 5.10. The first-order valence-electron chi connectivity index (χ1n) is 8.76. The van der Waals surface area contributed by atoms with E-state index in [1.807, 2.05) is 12.1 Å². The van der Waals surface area contributed by atoms with Gasteiger partial charge in [-0.2, -0.15) is 0 Å². The number of nitrogens with zero attached hydrogens (tertiary/aromatic N) is 1. The van der Waals surface area contributed by atoms with Crippen molar-refractivity contribution >= 4 is 34.3 Å². The van der Waals surface area contributed by atoms with Gasteiger partial charge in [-0.05, 0) is 54.6 Å². The minimum absolute atomic E-state index is 0.272. The number of aromatic nitrogens is 1. The average Bonchev–Trinajstić information content (AvgIpc) is 3.17. The maximum Gasteiger partial charge on any atom is 0.255 e. The Labute approximate surface area is 172 Å². The lowest BCUT2D eigenvalue weighted by atomic mass is 10.1. The first-order chi connectivity index (χ1) is 14.1. The summed E-state index contributed by atoms with van der Waals surface area (Å²) in [5, 5.41) is 3.46. The number of rotatable bonds is 5. The van der Waals surface area contributed by atoms with Gasteiger partial charge in [0.1, 0.15) is 17.0 Å². The topological polar surface area (TPSA) is 73.6 Å². The van der Waals surface area contributed by atoms with Crippen LogP contribution in [-0.2, 0) is 0 Å². The van der Waals surface area contributed by atoms with Gasteiger partial charge in [-0.3, -0.25) is 4.79 Å². The predicted octanol–water partition coefficient (Wildman–Crippen LogP) is 5.42. The number of halogens is 1. The molecule has 1 N–H and O–H groups in total. The molecule has 0 radical (unpaired) electrons. The Hall–Kier alpha value is -3.51. The average molecular weight is 409 g/mol. The molecule has 6 nitrogen and oxygen atoms in total. The molecule has 3 aromatic carbocycles. The van der Waals surface area contributed by atoms with Crippen molar-refractivity contribution in [2.45, 2.75) is 0 Å². The fourth-order valence-electron chi connectivity index (χ4n) is 2.86. The number of carbonyl (C=O) groups excluding carboxylic acids is 1. The zero-order chi connectivity index (χ0) is 20.4. The van der Waals surface area contributed by atoms with Crippen molar-refractivity contribution in [2.75, 3.05) is 19.5 Å². The first kappa shape index (κ1) is 18.8. The summed E-state index contributed by atoms with van der Waals surface area (Å²) in [5.41, 5.74) is 3.21. The van der Waals surface area contributed by atoms with Crippen LogP contribution in [0.3, 0.4) is 0 Å². The van der Waals surface area contributed by atoms with Gasteiger partial charge in [-0.15, -0.1) is 0 Å². The SMILES string of the molecule is COc1cc(OC)cc(C(=O)Nc2ccc(-c3nc4cc(Cl)ccc4o3)cc2)c1. The van der Waals surface area contributed by atoms with Crippen LogP contribution in [0.15, 0.2) is 65.1 Å². The molecule has 0 aliphatic rings. The van der Waals surface area contributed by atoms with Crippen molar-refractivity contribution in [3.8, 4) is 23.0 Å². The van der Waals surface area contributed by atoms with Gasteiger partial charge < -0.3 is 19.2 Å². The van der Waals surface area contributed by atoms with Gasteiger partial charge in [-0.1, -0.05) is 11.6 Å². The number of oxazole rings is 1. The van der Waals surface area contributed by atoms with Crippen molar-refractivity contribution in [2.24, 2.45) is 0 Å². The second kappa shape index (κ2) is 7.85. The van der Waals surface area contributed by atoms with Crippen LogP contribution in [-0.4, -0.2) is 25.1 Å². The van der Waals surface area contributed by atoms with Gasteiger partial charge in [0.05, 0.1) is 14.2 Å². The number of nitrogens with one attached hydrogen (secondary N) is 1. The molecule has 0 bridgehead atoms. The summed E-state index contributed by atoms with van der Waals surface area (Å²) < 4.78 is 16.2. The fourth-order valence-corrected chi connectivity index (χ4v) is 3.03. The molecule has 1 heterocycles. The van der Waals surface area contributed by atoms with E-state index >= 15 is 0 Å². The van der Waals surface area contributed by atoms with Crippen LogP contribution < -0.4 is 14.8 Å². The van der Waals surface area contributed by atoms with E-state index in [1.54, 1.807) is 48.5 Å². The van der Waals surface area contributed by atoms with E-state index < -0.39 is 0 Å². The van der Waals surface area contributed by atoms with Gasteiger partial charge in [0.15, 0.2) is 5.58 Å². The highest BCUT2D eigenvalue weighted by atomic mass is 35.5. The second-order valence-corrected chi connectivity index (χ2v) is 6.70. The highest BCUT2D eigenvalue weighted by Crippen LogP contribution is 2.27. The van der Waals surface area contributed by atoms with Gasteiger partial charge in [0, 0.05) is 27.9 Å². The number of ether oxygens (including phenoxy) is 2. The maximum absolute atomic E-state index is 12.6. The van der Waals surface area contributed by atoms with Crippen molar-refractivity contribution in [3.63, 3.8) is 0 Å². The number of carbonyl (C=O) groups is 1. The second-order valence-electron chi connectivity index (χ2n) is 6.26. The standard InChI is InChI=1S/C22H17ClN2O4/c1-27-17-9-14(10-18(12-17)28-2)21(26)24-16-6-3-13(4-7-16)22-25-19-11-15(23)5-8-20(19)29-22/h3-12H,1-2H3,(H,24,26). The van der Waals surface area contributed by atoms with E-state index in [9.17, 15) is 4.79 Å². The highest BCUT2D eigenvalue weighted by Gasteiger charge is 2.12. The molecule has 0 aliphatic carbocycles. The van der Waals surface area contributed by atoms with E-state index in [4.69, 9.17) is 25.5 Å². The van der Waals surface area contributed by atoms with Crippen LogP contribution in [0.4, 0.5) is 5.69 Å². The van der Waals surface area contributed by atoms with Crippen molar-refractivity contribution in [1.29, 1.82) is 0 Å². The van der Waals surface area contributed by atoms with Gasteiger partial charge in [0.25, 0.3) is 5.91 Å². The Bertz CT molecular complexity index is 1160. The zero-order valence-electron chi connectivity index (χ0n) is 15.7. The molecule has 4 rings (SSSR count). The molecule has 7 heteroatoms. The molecule has 1 amide bonds. The predicted molar refractivity (Wildman–Crippen MR) is 112 cm³/mol. The molecule has 0 fully saturated rings. The molecule has 4 aromatic rings. The van der Waals surface area contributed by atoms with Crippen molar-refractivity contribution in [1.82, 2.24) is 4.98 Å². The summed E-state index contributed by atoms with van der Waals surface area (Å²) in [5.74, 6) is 1.30. The van der Waals surface area contributed by atoms with Crippen LogP contribution >= 0.6 is 11.6 Å². The summed E-state index contributed by atoms with van der Waals surface area (Å²) in [4.78, 5) is 17.0. The molecule has 1 aromatic heterocycles. The lowest BCUT2D eigenvalue weighted by Crippen LogP contribution is -2.12. The summed E-state index contributed by atoms with van der Waals surface area (Å²) in [6.07, 6.45) is 0. The zero-order valence-corrected chi connectivity index (χ0v) is 16.5. The third-order valence-corrected chi connectivity index (χ3v) is 4.59. The molecular weight excluding hydrogens is 392 g/mol. The quantitative estimate of drug-likeness (QED) is 0.477. The lowest BCUT2D eigenvalue weighted by Gasteiger charge is -2.09. The van der Waals surface area contributed by atoms with Crippen LogP contribution in [0.2, 0.25) is 5.02 Å². The van der Waals surface area contributed by atoms with Crippen LogP contribution in [0, 0.1) is 0 Å². The molecule has 29 heavy (non-hydrogen) atoms. The van der Waals surface area contributed by atoms with E-state index in [0.29, 0.717) is 44.8 Å². The van der Waals surface area contributed by atoms with Crippen molar-refractivity contribution < 1.29 is 18.7 Å². The third kappa shape index (κ3) is 4.02. The molecule has 0 aliphatic heterocycles. The molecule has 0 atom stereocenters. The van der Waals surface area contributed by atoms with Crippen LogP contribution in [0.5, 0.6) is 11.5 Å². The normalized spacial score (nSPS) is 10.7. The van der Waals surface area contributed by atoms with Crippen molar-refractivity contribution in [3.05, 3.63) is 71.2 Å². The molecule has 0 unspecified atom stereocenters. The molecule has 0 spiro atoms. The number of amides is 1. The Morgan fingerprint density at radius 2 is 1.66 bits per heavy atom. The summed E-state index contributed by atoms with van der Waals surface area (Å²) >= 11 is 5.99. The van der Waals surface area contributed by atoms with E-state index in [0.717, 1.165) is 5.56 Å². The van der Waals surface area contributed by atoms with Gasteiger partial charge in [0.2, 0.25) is 5.89 Å². The molecule has 0 saturated carbocycles. The Balaban J connectivity index is 1.54. The fraction of sp³-hybridized carbons (Fsp3) is 0.0909. The lowest BCUT2D eigenvalue weighted by molar-refractivity contribution is 0.102. The minimum atomic E-state index is -0.272. The number of anilines is 1.